The van der Waals surface area contributed by atoms with Crippen LogP contribution in [0.3, 0.4) is 0 Å². The number of rotatable bonds is 5. The SMILES string of the molecule is CC(N)Cc1cc(Cl)ccc1OCc1ccncc1. The third kappa shape index (κ3) is 4.23. The van der Waals surface area contributed by atoms with Crippen molar-refractivity contribution in [1.29, 1.82) is 0 Å². The average Bonchev–Trinajstić information content (AvgIpc) is 2.38. The molecular weight excluding hydrogens is 260 g/mol. The van der Waals surface area contributed by atoms with Crippen molar-refractivity contribution in [2.45, 2.75) is 26.0 Å². The second-order valence-electron chi connectivity index (χ2n) is 4.58. The van der Waals surface area contributed by atoms with Crippen molar-refractivity contribution in [3.05, 3.63) is 58.9 Å². The lowest BCUT2D eigenvalue weighted by Gasteiger charge is -2.13. The molecule has 100 valence electrons. The molecule has 4 heteroatoms. The first kappa shape index (κ1) is 13.8. The van der Waals surface area contributed by atoms with Gasteiger partial charge in [-0.3, -0.25) is 4.98 Å². The number of aromatic nitrogens is 1. The second kappa shape index (κ2) is 6.55. The molecule has 0 fully saturated rings. The summed E-state index contributed by atoms with van der Waals surface area (Å²) in [7, 11) is 0. The topological polar surface area (TPSA) is 48.1 Å². The van der Waals surface area contributed by atoms with Crippen LogP contribution in [0.25, 0.3) is 0 Å². The fourth-order valence-electron chi connectivity index (χ4n) is 1.84. The molecule has 1 aromatic carbocycles. The fourth-order valence-corrected chi connectivity index (χ4v) is 2.03. The van der Waals surface area contributed by atoms with Gasteiger partial charge in [0.05, 0.1) is 0 Å². The molecule has 0 saturated heterocycles. The molecule has 0 amide bonds. The normalized spacial score (nSPS) is 12.2. The van der Waals surface area contributed by atoms with E-state index in [4.69, 9.17) is 22.1 Å². The first-order chi connectivity index (χ1) is 9.15. The van der Waals surface area contributed by atoms with Gasteiger partial charge in [-0.15, -0.1) is 0 Å². The summed E-state index contributed by atoms with van der Waals surface area (Å²) in [6, 6.07) is 9.56. The van der Waals surface area contributed by atoms with Crippen molar-refractivity contribution in [1.82, 2.24) is 4.98 Å². The molecule has 0 aliphatic heterocycles. The molecule has 3 nitrogen and oxygen atoms in total. The molecule has 1 aromatic heterocycles. The molecule has 0 bridgehead atoms. The number of halogens is 1. The maximum atomic E-state index is 6.01. The fraction of sp³-hybridized carbons (Fsp3) is 0.267. The van der Waals surface area contributed by atoms with E-state index < -0.39 is 0 Å². The molecule has 0 aliphatic carbocycles. The van der Waals surface area contributed by atoms with E-state index in [-0.39, 0.29) is 6.04 Å². The van der Waals surface area contributed by atoms with Crippen LogP contribution in [0.15, 0.2) is 42.7 Å². The van der Waals surface area contributed by atoms with Gasteiger partial charge in [-0.05, 0) is 54.8 Å². The van der Waals surface area contributed by atoms with Gasteiger partial charge >= 0.3 is 0 Å². The lowest BCUT2D eigenvalue weighted by molar-refractivity contribution is 0.302. The van der Waals surface area contributed by atoms with Crippen LogP contribution in [0.4, 0.5) is 0 Å². The van der Waals surface area contributed by atoms with Crippen LogP contribution in [0.5, 0.6) is 5.75 Å². The number of pyridine rings is 1. The van der Waals surface area contributed by atoms with E-state index in [2.05, 4.69) is 4.98 Å². The average molecular weight is 277 g/mol. The smallest absolute Gasteiger partial charge is 0.123 e. The van der Waals surface area contributed by atoms with Gasteiger partial charge in [0, 0.05) is 23.5 Å². The zero-order chi connectivity index (χ0) is 13.7. The van der Waals surface area contributed by atoms with Crippen molar-refractivity contribution < 1.29 is 4.74 Å². The van der Waals surface area contributed by atoms with Crippen LogP contribution in [0.1, 0.15) is 18.1 Å². The maximum absolute atomic E-state index is 6.01. The van der Waals surface area contributed by atoms with Crippen LogP contribution in [-0.4, -0.2) is 11.0 Å². The Hall–Kier alpha value is -1.58. The molecule has 1 unspecified atom stereocenters. The molecule has 0 aliphatic rings. The first-order valence-corrected chi connectivity index (χ1v) is 6.58. The summed E-state index contributed by atoms with van der Waals surface area (Å²) in [6.45, 7) is 2.48. The molecule has 19 heavy (non-hydrogen) atoms. The lowest BCUT2D eigenvalue weighted by atomic mass is 10.1. The summed E-state index contributed by atoms with van der Waals surface area (Å²) in [4.78, 5) is 3.98. The maximum Gasteiger partial charge on any atom is 0.123 e. The Kier molecular flexibility index (Phi) is 4.77. The highest BCUT2D eigenvalue weighted by Crippen LogP contribution is 2.24. The van der Waals surface area contributed by atoms with E-state index in [1.54, 1.807) is 12.4 Å². The molecular formula is C15H17ClN2O. The number of benzene rings is 1. The highest BCUT2D eigenvalue weighted by molar-refractivity contribution is 6.30. The van der Waals surface area contributed by atoms with E-state index >= 15 is 0 Å². The molecule has 2 N–H and O–H groups in total. The third-order valence-electron chi connectivity index (χ3n) is 2.71. The third-order valence-corrected chi connectivity index (χ3v) is 2.94. The Labute approximate surface area is 118 Å². The highest BCUT2D eigenvalue weighted by Gasteiger charge is 2.07. The van der Waals surface area contributed by atoms with Crippen LogP contribution in [0, 0.1) is 0 Å². The van der Waals surface area contributed by atoms with E-state index in [1.165, 1.54) is 0 Å². The van der Waals surface area contributed by atoms with Crippen LogP contribution in [-0.2, 0) is 13.0 Å². The number of nitrogens with zero attached hydrogens (tertiary/aromatic N) is 1. The van der Waals surface area contributed by atoms with Crippen molar-refractivity contribution >= 4 is 11.6 Å². The largest absolute Gasteiger partial charge is 0.489 e. The van der Waals surface area contributed by atoms with E-state index in [0.29, 0.717) is 11.6 Å². The van der Waals surface area contributed by atoms with Gasteiger partial charge in [0.25, 0.3) is 0 Å². The molecule has 0 saturated carbocycles. The van der Waals surface area contributed by atoms with E-state index in [1.807, 2.05) is 37.3 Å². The summed E-state index contributed by atoms with van der Waals surface area (Å²) in [6.07, 6.45) is 4.25. The van der Waals surface area contributed by atoms with Gasteiger partial charge in [-0.2, -0.15) is 0 Å². The summed E-state index contributed by atoms with van der Waals surface area (Å²) in [5.74, 6) is 0.832. The van der Waals surface area contributed by atoms with Gasteiger partial charge in [0.15, 0.2) is 0 Å². The summed E-state index contributed by atoms with van der Waals surface area (Å²) in [5, 5.41) is 0.701. The van der Waals surface area contributed by atoms with Crippen molar-refractivity contribution in [3.63, 3.8) is 0 Å². The highest BCUT2D eigenvalue weighted by atomic mass is 35.5. The van der Waals surface area contributed by atoms with Crippen molar-refractivity contribution in [2.75, 3.05) is 0 Å². The molecule has 2 aromatic rings. The molecule has 1 atom stereocenters. The van der Waals surface area contributed by atoms with Crippen LogP contribution >= 0.6 is 11.6 Å². The lowest BCUT2D eigenvalue weighted by Crippen LogP contribution is -2.18. The molecule has 0 radical (unpaired) electrons. The number of nitrogens with two attached hydrogens (primary N) is 1. The minimum absolute atomic E-state index is 0.0711. The Bertz CT molecular complexity index is 529. The Morgan fingerprint density at radius 1 is 1.26 bits per heavy atom. The number of hydrogen-bond acceptors (Lipinski definition) is 3. The summed E-state index contributed by atoms with van der Waals surface area (Å²) >= 11 is 6.01. The predicted molar refractivity (Wildman–Crippen MR) is 77.4 cm³/mol. The zero-order valence-corrected chi connectivity index (χ0v) is 11.6. The van der Waals surface area contributed by atoms with Gasteiger partial charge in [-0.25, -0.2) is 0 Å². The van der Waals surface area contributed by atoms with E-state index in [0.717, 1.165) is 23.3 Å². The molecule has 1 heterocycles. The molecule has 2 rings (SSSR count). The monoisotopic (exact) mass is 276 g/mol. The number of ether oxygens (including phenoxy) is 1. The van der Waals surface area contributed by atoms with Crippen LogP contribution in [0.2, 0.25) is 5.02 Å². The minimum atomic E-state index is 0.0711. The zero-order valence-electron chi connectivity index (χ0n) is 10.8. The first-order valence-electron chi connectivity index (χ1n) is 6.21. The van der Waals surface area contributed by atoms with Gasteiger partial charge in [-0.1, -0.05) is 11.6 Å². The van der Waals surface area contributed by atoms with Gasteiger partial charge < -0.3 is 10.5 Å². The second-order valence-corrected chi connectivity index (χ2v) is 5.01. The summed E-state index contributed by atoms with van der Waals surface area (Å²) in [5.41, 5.74) is 7.96. The Morgan fingerprint density at radius 2 is 2.00 bits per heavy atom. The minimum Gasteiger partial charge on any atom is -0.489 e. The van der Waals surface area contributed by atoms with Crippen LogP contribution < -0.4 is 10.5 Å². The molecule has 0 spiro atoms. The standard InChI is InChI=1S/C15H17ClN2O/c1-11(17)8-13-9-14(16)2-3-15(13)19-10-12-4-6-18-7-5-12/h2-7,9,11H,8,10,17H2,1H3. The van der Waals surface area contributed by atoms with Crippen molar-refractivity contribution in [3.8, 4) is 5.75 Å². The predicted octanol–water partition coefficient (Wildman–Crippen LogP) is 3.20. The summed E-state index contributed by atoms with van der Waals surface area (Å²) < 4.78 is 5.84. The van der Waals surface area contributed by atoms with Gasteiger partial charge in [0.2, 0.25) is 0 Å². The van der Waals surface area contributed by atoms with E-state index in [9.17, 15) is 0 Å². The Morgan fingerprint density at radius 3 is 2.68 bits per heavy atom. The van der Waals surface area contributed by atoms with Crippen molar-refractivity contribution in [2.24, 2.45) is 5.73 Å². The Balaban J connectivity index is 2.11. The quantitative estimate of drug-likeness (QED) is 0.912. The van der Waals surface area contributed by atoms with Gasteiger partial charge in [0.1, 0.15) is 12.4 Å². The number of hydrogen-bond donors (Lipinski definition) is 1.